The van der Waals surface area contributed by atoms with Crippen molar-refractivity contribution < 1.29 is 4.74 Å². The summed E-state index contributed by atoms with van der Waals surface area (Å²) in [6, 6.07) is 6.20. The minimum atomic E-state index is 1.01. The zero-order valence-electron chi connectivity index (χ0n) is 6.79. The summed E-state index contributed by atoms with van der Waals surface area (Å²) < 4.78 is 7.43. The van der Waals surface area contributed by atoms with Crippen LogP contribution in [0.3, 0.4) is 0 Å². The molecule has 0 saturated heterocycles. The Morgan fingerprint density at radius 2 is 2.18 bits per heavy atom. The van der Waals surface area contributed by atoms with Gasteiger partial charge in [0, 0.05) is 0 Å². The summed E-state index contributed by atoms with van der Waals surface area (Å²) in [6.45, 7) is 2.06. The minimum absolute atomic E-state index is 1.01. The predicted molar refractivity (Wildman–Crippen MR) is 48.7 cm³/mol. The fourth-order valence-corrected chi connectivity index (χ4v) is 1.83. The van der Waals surface area contributed by atoms with Crippen LogP contribution in [-0.4, -0.2) is 34.8 Å². The molecule has 2 heteroatoms. The Bertz CT molecular complexity index is 268. The summed E-state index contributed by atoms with van der Waals surface area (Å²) in [7, 11) is 1.72. The van der Waals surface area contributed by atoms with Crippen LogP contribution in [0.4, 0.5) is 0 Å². The number of methoxy groups -OCH3 is 1. The van der Waals surface area contributed by atoms with E-state index in [4.69, 9.17) is 4.74 Å². The Kier molecular flexibility index (Phi) is 3.18. The maximum atomic E-state index is 5.26. The molecule has 0 N–H and O–H groups in total. The molecule has 0 aliphatic heterocycles. The number of benzene rings is 1. The van der Waals surface area contributed by atoms with Crippen molar-refractivity contribution in [1.82, 2.24) is 0 Å². The van der Waals surface area contributed by atoms with Gasteiger partial charge in [0.15, 0.2) is 0 Å². The molecule has 0 aromatic heterocycles. The van der Waals surface area contributed by atoms with Gasteiger partial charge >= 0.3 is 81.5 Å². The Labute approximate surface area is 81.4 Å². The second-order valence-corrected chi connectivity index (χ2v) is 3.32. The van der Waals surface area contributed by atoms with Gasteiger partial charge in [0.1, 0.15) is 0 Å². The molecule has 0 fully saturated rings. The molecular weight excluding hydrogens is 239 g/mol. The summed E-state index contributed by atoms with van der Waals surface area (Å²) in [4.78, 5) is 0. The molecule has 1 aromatic carbocycles. The van der Waals surface area contributed by atoms with Gasteiger partial charge in [-0.2, -0.15) is 0 Å². The van der Waals surface area contributed by atoms with E-state index in [-0.39, 0.29) is 0 Å². The molecule has 0 spiro atoms. The van der Waals surface area contributed by atoms with Gasteiger partial charge in [0.2, 0.25) is 0 Å². The molecule has 0 atom stereocenters. The number of ether oxygens (including phenoxy) is 1. The molecule has 0 aliphatic carbocycles. The van der Waals surface area contributed by atoms with E-state index in [1.54, 1.807) is 7.11 Å². The topological polar surface area (TPSA) is 9.23 Å². The number of para-hydroxylation sites is 1. The van der Waals surface area contributed by atoms with Gasteiger partial charge in [-0.25, -0.2) is 0 Å². The standard InChI is InChI=1S/C9H10O.In/c1-7-5-4-6-8(2)9(7)10-3;/h1,4-6H,2-3H3;. The first kappa shape index (κ1) is 8.85. The summed E-state index contributed by atoms with van der Waals surface area (Å²) in [5.41, 5.74) is 2.42. The van der Waals surface area contributed by atoms with Crippen LogP contribution >= 0.6 is 0 Å². The Morgan fingerprint density at radius 3 is 2.64 bits per heavy atom. The average Bonchev–Trinajstić information content (AvgIpc) is 2.04. The first-order chi connectivity index (χ1) is 5.29. The molecule has 0 heterocycles. The van der Waals surface area contributed by atoms with E-state index in [1.807, 2.05) is 0 Å². The molecule has 0 aliphatic rings. The number of rotatable bonds is 2. The van der Waals surface area contributed by atoms with Crippen molar-refractivity contribution in [2.24, 2.45) is 0 Å². The molecule has 0 saturated carbocycles. The van der Waals surface area contributed by atoms with Gasteiger partial charge in [0.25, 0.3) is 0 Å². The van der Waals surface area contributed by atoms with Crippen LogP contribution < -0.4 is 4.74 Å². The Morgan fingerprint density at radius 1 is 1.45 bits per heavy atom. The van der Waals surface area contributed by atoms with Gasteiger partial charge in [-0.15, -0.1) is 0 Å². The van der Waals surface area contributed by atoms with Crippen LogP contribution in [-0.2, 0) is 0 Å². The van der Waals surface area contributed by atoms with Gasteiger partial charge in [-0.3, -0.25) is 0 Å². The number of hydrogen-bond donors (Lipinski definition) is 0. The quantitative estimate of drug-likeness (QED) is 0.768. The normalized spacial score (nSPS) is 9.18. The molecule has 11 heavy (non-hydrogen) atoms. The molecular formula is C9H10InO. The second-order valence-electron chi connectivity index (χ2n) is 2.36. The van der Waals surface area contributed by atoms with E-state index >= 15 is 0 Å². The Hall–Kier alpha value is -0.240. The van der Waals surface area contributed by atoms with Crippen LogP contribution in [0, 0.1) is 6.92 Å². The van der Waals surface area contributed by atoms with Crippen molar-refractivity contribution in [3.63, 3.8) is 0 Å². The van der Waals surface area contributed by atoms with Crippen molar-refractivity contribution >= 4 is 27.7 Å². The Balaban J connectivity index is 3.23. The molecule has 1 aromatic rings. The van der Waals surface area contributed by atoms with E-state index in [2.05, 4.69) is 28.9 Å². The average molecular weight is 249 g/mol. The molecule has 0 unspecified atom stereocenters. The molecule has 55 valence electrons. The fraction of sp³-hybridized carbons (Fsp3) is 0.222. The summed E-state index contributed by atoms with van der Waals surface area (Å²) in [5.74, 6) is 1.01. The first-order valence-corrected chi connectivity index (χ1v) is 5.38. The third-order valence-corrected chi connectivity index (χ3v) is 2.65. The number of hydrogen-bond acceptors (Lipinski definition) is 1. The van der Waals surface area contributed by atoms with Crippen molar-refractivity contribution in [3.8, 4) is 5.75 Å². The van der Waals surface area contributed by atoms with Crippen molar-refractivity contribution in [1.29, 1.82) is 0 Å². The third-order valence-electron chi connectivity index (χ3n) is 1.63. The van der Waals surface area contributed by atoms with Crippen LogP contribution in [0.1, 0.15) is 11.1 Å². The first-order valence-electron chi connectivity index (χ1n) is 3.48. The molecule has 1 nitrogen and oxygen atoms in total. The number of aryl methyl sites for hydroxylation is 1. The molecule has 1 rings (SSSR count). The van der Waals surface area contributed by atoms with Gasteiger partial charge < -0.3 is 0 Å². The van der Waals surface area contributed by atoms with Gasteiger partial charge in [0.05, 0.1) is 0 Å². The van der Waals surface area contributed by atoms with Gasteiger partial charge in [-0.05, 0) is 0 Å². The molecule has 1 radical (unpaired) electrons. The summed E-state index contributed by atoms with van der Waals surface area (Å²) in [5, 5.41) is 0. The summed E-state index contributed by atoms with van der Waals surface area (Å²) in [6.07, 6.45) is 0. The second kappa shape index (κ2) is 3.96. The van der Waals surface area contributed by atoms with E-state index in [9.17, 15) is 0 Å². The maximum absolute atomic E-state index is 5.26. The van der Waals surface area contributed by atoms with Crippen LogP contribution in [0.25, 0.3) is 0 Å². The van der Waals surface area contributed by atoms with E-state index < -0.39 is 0 Å². The van der Waals surface area contributed by atoms with E-state index in [1.165, 1.54) is 11.1 Å². The third kappa shape index (κ3) is 1.86. The van der Waals surface area contributed by atoms with Crippen molar-refractivity contribution in [3.05, 3.63) is 29.3 Å². The predicted octanol–water partition coefficient (Wildman–Crippen LogP) is 1.32. The zero-order chi connectivity index (χ0) is 8.27. The zero-order valence-corrected chi connectivity index (χ0v) is 10.1. The van der Waals surface area contributed by atoms with Crippen molar-refractivity contribution in [2.75, 3.05) is 7.11 Å². The molecule has 0 bridgehead atoms. The summed E-state index contributed by atoms with van der Waals surface area (Å²) >= 11 is 1.13. The van der Waals surface area contributed by atoms with E-state index in [0.29, 0.717) is 0 Å². The van der Waals surface area contributed by atoms with Crippen molar-refractivity contribution in [2.45, 2.75) is 6.92 Å². The van der Waals surface area contributed by atoms with Crippen LogP contribution in [0.2, 0.25) is 0 Å². The fourth-order valence-electron chi connectivity index (χ4n) is 1.09. The van der Waals surface area contributed by atoms with Gasteiger partial charge in [-0.1, -0.05) is 0 Å². The van der Waals surface area contributed by atoms with Crippen LogP contribution in [0.5, 0.6) is 5.75 Å². The van der Waals surface area contributed by atoms with Crippen LogP contribution in [0.15, 0.2) is 18.2 Å². The van der Waals surface area contributed by atoms with E-state index in [0.717, 1.165) is 29.6 Å². The SMILES string of the molecule is COc1c(C)cccc1[CH]=[In]. The molecule has 0 amide bonds. The monoisotopic (exact) mass is 249 g/mol.